The second-order valence-corrected chi connectivity index (χ2v) is 9.12. The highest BCUT2D eigenvalue weighted by Crippen LogP contribution is 2.12. The lowest BCUT2D eigenvalue weighted by Crippen LogP contribution is -2.47. The van der Waals surface area contributed by atoms with Gasteiger partial charge in [-0.3, -0.25) is 24.0 Å². The average Bonchev–Trinajstić information content (AvgIpc) is 2.86. The number of urea groups is 1. The Hall–Kier alpha value is -3.96. The Labute approximate surface area is 222 Å². The fourth-order valence-corrected chi connectivity index (χ4v) is 3.27. The van der Waals surface area contributed by atoms with Crippen LogP contribution in [0.1, 0.15) is 64.9 Å². The lowest BCUT2D eigenvalue weighted by atomic mass is 10.0. The number of Topliss-reactive ketones (excluding diaryl/α,β-unsaturated/α-hetero) is 1. The van der Waals surface area contributed by atoms with Crippen molar-refractivity contribution in [1.82, 2.24) is 16.0 Å². The number of benzene rings is 1. The molecule has 0 aliphatic heterocycles. The number of amides is 5. The number of primary amides is 1. The number of rotatable bonds is 17. The number of hydrogen-bond acceptors (Lipinski definition) is 7. The maximum absolute atomic E-state index is 12.9. The summed E-state index contributed by atoms with van der Waals surface area (Å²) in [5, 5.41) is 10.3. The van der Waals surface area contributed by atoms with E-state index >= 15 is 0 Å². The van der Waals surface area contributed by atoms with Gasteiger partial charge in [0.2, 0.25) is 17.7 Å². The molecule has 5 amide bonds. The van der Waals surface area contributed by atoms with E-state index in [-0.39, 0.29) is 50.1 Å². The molecule has 0 aliphatic rings. The van der Waals surface area contributed by atoms with Gasteiger partial charge in [-0.1, -0.05) is 26.0 Å². The topological polar surface area (TPSA) is 186 Å². The predicted molar refractivity (Wildman–Crippen MR) is 141 cm³/mol. The van der Waals surface area contributed by atoms with Crippen LogP contribution >= 0.6 is 0 Å². The second-order valence-electron chi connectivity index (χ2n) is 9.12. The highest BCUT2D eigenvalue weighted by Gasteiger charge is 2.21. The summed E-state index contributed by atoms with van der Waals surface area (Å²) in [6, 6.07) is 5.03. The molecule has 6 N–H and O–H groups in total. The molecule has 0 spiro atoms. The summed E-state index contributed by atoms with van der Waals surface area (Å²) in [7, 11) is 0. The number of carbonyl (C=O) groups excluding carboxylic acids is 6. The molecule has 0 aromatic heterocycles. The number of ketones is 1. The third-order valence-corrected chi connectivity index (χ3v) is 5.45. The van der Waals surface area contributed by atoms with Crippen LogP contribution in [0, 0.1) is 5.92 Å². The first-order valence-corrected chi connectivity index (χ1v) is 12.6. The molecule has 0 aliphatic carbocycles. The number of ether oxygens (including phenoxy) is 1. The SMILES string of the molecule is CC(=O)OCc1ccc(NC(=O)C(CCCNC(N)=O)NC(=O)CNC(=O)CCCCC(=O)C(C)C)cc1. The number of esters is 1. The Morgan fingerprint density at radius 1 is 0.895 bits per heavy atom. The number of unbranched alkanes of at least 4 members (excludes halogenated alkanes) is 1. The van der Waals surface area contributed by atoms with Crippen molar-refractivity contribution >= 4 is 41.2 Å². The molecule has 1 rings (SSSR count). The smallest absolute Gasteiger partial charge is 0.312 e. The summed E-state index contributed by atoms with van der Waals surface area (Å²) in [5.41, 5.74) is 6.27. The first-order valence-electron chi connectivity index (χ1n) is 12.6. The molecule has 1 aromatic carbocycles. The fourth-order valence-electron chi connectivity index (χ4n) is 3.27. The van der Waals surface area contributed by atoms with Gasteiger partial charge >= 0.3 is 12.0 Å². The Balaban J connectivity index is 2.59. The van der Waals surface area contributed by atoms with Crippen molar-refractivity contribution in [3.63, 3.8) is 0 Å². The number of carbonyl (C=O) groups is 6. The van der Waals surface area contributed by atoms with Crippen molar-refractivity contribution < 1.29 is 33.5 Å². The first kappa shape index (κ1) is 32.1. The zero-order valence-corrected chi connectivity index (χ0v) is 22.3. The van der Waals surface area contributed by atoms with E-state index in [1.165, 1.54) is 6.92 Å². The van der Waals surface area contributed by atoms with E-state index in [9.17, 15) is 28.8 Å². The largest absolute Gasteiger partial charge is 0.461 e. The second kappa shape index (κ2) is 17.5. The van der Waals surface area contributed by atoms with Crippen LogP contribution in [-0.2, 0) is 35.3 Å². The molecule has 12 nitrogen and oxygen atoms in total. The predicted octanol–water partition coefficient (Wildman–Crippen LogP) is 1.52. The lowest BCUT2D eigenvalue weighted by molar-refractivity contribution is -0.142. The van der Waals surface area contributed by atoms with E-state index in [0.717, 1.165) is 5.56 Å². The van der Waals surface area contributed by atoms with Gasteiger partial charge < -0.3 is 31.7 Å². The number of hydrogen-bond donors (Lipinski definition) is 5. The molecule has 1 atom stereocenters. The monoisotopic (exact) mass is 533 g/mol. The lowest BCUT2D eigenvalue weighted by Gasteiger charge is -2.19. The van der Waals surface area contributed by atoms with Gasteiger partial charge in [-0.05, 0) is 43.4 Å². The van der Waals surface area contributed by atoms with Gasteiger partial charge in [-0.2, -0.15) is 0 Å². The van der Waals surface area contributed by atoms with Gasteiger partial charge in [0.05, 0.1) is 6.54 Å². The standard InChI is InChI=1S/C26H39N5O7/c1-17(2)22(33)8-4-5-9-23(34)29-15-24(35)31-21(7-6-14-28-26(27)37)25(36)30-20-12-10-19(11-13-20)16-38-18(3)32/h10-13,17,21H,4-9,14-16H2,1-3H3,(H,29,34)(H,30,36)(H,31,35)(H3,27,28,37). The molecule has 210 valence electrons. The zero-order valence-electron chi connectivity index (χ0n) is 22.3. The van der Waals surface area contributed by atoms with Gasteiger partial charge in [-0.15, -0.1) is 0 Å². The van der Waals surface area contributed by atoms with Crippen molar-refractivity contribution in [1.29, 1.82) is 0 Å². The van der Waals surface area contributed by atoms with Crippen LogP contribution in [-0.4, -0.2) is 54.6 Å². The highest BCUT2D eigenvalue weighted by molar-refractivity contribution is 5.97. The molecule has 0 fully saturated rings. The minimum atomic E-state index is -0.933. The van der Waals surface area contributed by atoms with E-state index in [1.54, 1.807) is 24.3 Å². The number of nitrogens with two attached hydrogens (primary N) is 1. The Morgan fingerprint density at radius 3 is 2.16 bits per heavy atom. The summed E-state index contributed by atoms with van der Waals surface area (Å²) in [6.07, 6.45) is 2.31. The van der Waals surface area contributed by atoms with Crippen molar-refractivity contribution in [2.45, 2.75) is 71.9 Å². The van der Waals surface area contributed by atoms with E-state index in [1.807, 2.05) is 13.8 Å². The number of anilines is 1. The third kappa shape index (κ3) is 14.6. The van der Waals surface area contributed by atoms with Crippen molar-refractivity contribution in [3.8, 4) is 0 Å². The maximum atomic E-state index is 12.9. The summed E-state index contributed by atoms with van der Waals surface area (Å²) < 4.78 is 4.93. The molecule has 1 aromatic rings. The Morgan fingerprint density at radius 2 is 1.55 bits per heavy atom. The molecule has 1 unspecified atom stereocenters. The van der Waals surface area contributed by atoms with Gasteiger partial charge in [0.25, 0.3) is 0 Å². The van der Waals surface area contributed by atoms with Crippen molar-refractivity contribution in [2.75, 3.05) is 18.4 Å². The molecule has 0 heterocycles. The molecule has 38 heavy (non-hydrogen) atoms. The normalized spacial score (nSPS) is 11.3. The average molecular weight is 534 g/mol. The minimum absolute atomic E-state index is 0.0315. The van der Waals surface area contributed by atoms with Gasteiger partial charge in [0.15, 0.2) is 0 Å². The molecule has 12 heteroatoms. The zero-order chi connectivity index (χ0) is 28.5. The van der Waals surface area contributed by atoms with Crippen LogP contribution < -0.4 is 27.0 Å². The Bertz CT molecular complexity index is 963. The van der Waals surface area contributed by atoms with Crippen LogP contribution in [0.15, 0.2) is 24.3 Å². The van der Waals surface area contributed by atoms with Crippen LogP contribution in [0.2, 0.25) is 0 Å². The van der Waals surface area contributed by atoms with Crippen molar-refractivity contribution in [2.24, 2.45) is 11.7 Å². The molecule has 0 radical (unpaired) electrons. The quantitative estimate of drug-likeness (QED) is 0.148. The minimum Gasteiger partial charge on any atom is -0.461 e. The molecular formula is C26H39N5O7. The van der Waals surface area contributed by atoms with Crippen LogP contribution in [0.25, 0.3) is 0 Å². The summed E-state index contributed by atoms with van der Waals surface area (Å²) in [4.78, 5) is 70.8. The first-order chi connectivity index (χ1) is 18.0. The molecule has 0 saturated carbocycles. The summed E-state index contributed by atoms with van der Waals surface area (Å²) in [5.74, 6) is -1.63. The summed E-state index contributed by atoms with van der Waals surface area (Å²) in [6.45, 7) is 4.99. The van der Waals surface area contributed by atoms with Gasteiger partial charge in [0.1, 0.15) is 18.4 Å². The molecule has 0 bridgehead atoms. The fraction of sp³-hybridized carbons (Fsp3) is 0.538. The maximum Gasteiger partial charge on any atom is 0.312 e. The van der Waals surface area contributed by atoms with E-state index < -0.39 is 29.9 Å². The molecular weight excluding hydrogens is 494 g/mol. The van der Waals surface area contributed by atoms with Gasteiger partial charge in [0, 0.05) is 37.9 Å². The Kier molecular flexibility index (Phi) is 14.8. The summed E-state index contributed by atoms with van der Waals surface area (Å²) >= 11 is 0. The highest BCUT2D eigenvalue weighted by atomic mass is 16.5. The van der Waals surface area contributed by atoms with Gasteiger partial charge in [-0.25, -0.2) is 4.79 Å². The van der Waals surface area contributed by atoms with E-state index in [0.29, 0.717) is 31.4 Å². The molecule has 0 saturated heterocycles. The van der Waals surface area contributed by atoms with Crippen LogP contribution in [0.4, 0.5) is 10.5 Å². The number of nitrogens with one attached hydrogen (secondary N) is 4. The van der Waals surface area contributed by atoms with Crippen LogP contribution in [0.5, 0.6) is 0 Å². The van der Waals surface area contributed by atoms with E-state index in [2.05, 4.69) is 21.3 Å². The van der Waals surface area contributed by atoms with E-state index in [4.69, 9.17) is 10.5 Å². The van der Waals surface area contributed by atoms with Crippen LogP contribution in [0.3, 0.4) is 0 Å². The third-order valence-electron chi connectivity index (χ3n) is 5.45. The van der Waals surface area contributed by atoms with Crippen molar-refractivity contribution in [3.05, 3.63) is 29.8 Å².